The van der Waals surface area contributed by atoms with E-state index in [-0.39, 0.29) is 5.91 Å². The molecule has 2 heterocycles. The second-order valence-corrected chi connectivity index (χ2v) is 4.87. The molecule has 0 saturated carbocycles. The van der Waals surface area contributed by atoms with Gasteiger partial charge in [0.15, 0.2) is 0 Å². The van der Waals surface area contributed by atoms with E-state index >= 15 is 0 Å². The number of likely N-dealkylation sites (tertiary alicyclic amines) is 1. The minimum atomic E-state index is 0.129. The molecule has 0 aliphatic carbocycles. The largest absolute Gasteiger partial charge is 0.351 e. The lowest BCUT2D eigenvalue weighted by Crippen LogP contribution is -2.42. The molecular weight excluding hydrogens is 212 g/mol. The van der Waals surface area contributed by atoms with Crippen LogP contribution in [-0.2, 0) is 0 Å². The van der Waals surface area contributed by atoms with Gasteiger partial charge >= 0.3 is 0 Å². The van der Waals surface area contributed by atoms with Crippen molar-refractivity contribution in [3.63, 3.8) is 0 Å². The zero-order chi connectivity index (χ0) is 12.0. The molecule has 88 valence electrons. The van der Waals surface area contributed by atoms with Gasteiger partial charge in [0.05, 0.1) is 0 Å². The van der Waals surface area contributed by atoms with Gasteiger partial charge in [-0.2, -0.15) is 0 Å². The molecule has 3 heteroatoms. The summed E-state index contributed by atoms with van der Waals surface area (Å²) in [7, 11) is 0. The summed E-state index contributed by atoms with van der Waals surface area (Å²) in [6.45, 7) is 5.95. The number of hydrogen-bond acceptors (Lipinski definition) is 1. The average Bonchev–Trinajstić information content (AvgIpc) is 2.58. The van der Waals surface area contributed by atoms with E-state index in [4.69, 9.17) is 0 Å². The zero-order valence-corrected chi connectivity index (χ0v) is 10.2. The van der Waals surface area contributed by atoms with Crippen molar-refractivity contribution in [1.82, 2.24) is 9.88 Å². The molecule has 0 radical (unpaired) electrons. The highest BCUT2D eigenvalue weighted by Crippen LogP contribution is 2.23. The highest BCUT2D eigenvalue weighted by atomic mass is 16.2. The number of H-pyrrole nitrogens is 1. The van der Waals surface area contributed by atoms with Crippen molar-refractivity contribution in [2.75, 3.05) is 13.1 Å². The van der Waals surface area contributed by atoms with Crippen LogP contribution in [0.15, 0.2) is 18.2 Å². The number of rotatable bonds is 1. The van der Waals surface area contributed by atoms with Gasteiger partial charge in [-0.1, -0.05) is 6.07 Å². The van der Waals surface area contributed by atoms with E-state index in [1.807, 2.05) is 11.0 Å². The van der Waals surface area contributed by atoms with Gasteiger partial charge in [0.2, 0.25) is 0 Å². The van der Waals surface area contributed by atoms with Crippen molar-refractivity contribution in [3.8, 4) is 0 Å². The smallest absolute Gasteiger partial charge is 0.270 e. The Kier molecular flexibility index (Phi) is 2.21. The molecule has 1 aliphatic heterocycles. The summed E-state index contributed by atoms with van der Waals surface area (Å²) in [4.78, 5) is 17.2. The van der Waals surface area contributed by atoms with Crippen LogP contribution < -0.4 is 0 Å². The first-order valence-electron chi connectivity index (χ1n) is 6.04. The molecule has 1 N–H and O–H groups in total. The first kappa shape index (κ1) is 10.4. The van der Waals surface area contributed by atoms with Gasteiger partial charge in [0, 0.05) is 24.0 Å². The summed E-state index contributed by atoms with van der Waals surface area (Å²) in [6, 6.07) is 6.22. The number of nitrogens with one attached hydrogen (secondary N) is 1. The summed E-state index contributed by atoms with van der Waals surface area (Å²) in [5.41, 5.74) is 4.22. The molecule has 1 fully saturated rings. The Bertz CT molecular complexity index is 594. The van der Waals surface area contributed by atoms with Crippen LogP contribution in [-0.4, -0.2) is 28.9 Å². The maximum atomic E-state index is 12.1. The molecule has 3 nitrogen and oxygen atoms in total. The number of aromatic amines is 1. The molecule has 3 rings (SSSR count). The van der Waals surface area contributed by atoms with Crippen molar-refractivity contribution >= 4 is 16.8 Å². The standard InChI is InChI=1S/C14H16N2O/c1-9-6-10(2)11-8-13(15-12(11)7-9)14(17)16-4-3-5-16/h6-8,15H,3-5H2,1-2H3. The molecule has 1 saturated heterocycles. The Morgan fingerprint density at radius 1 is 1.24 bits per heavy atom. The number of fused-ring (bicyclic) bond motifs is 1. The normalized spacial score (nSPS) is 15.1. The molecule has 0 unspecified atom stereocenters. The lowest BCUT2D eigenvalue weighted by molar-refractivity contribution is 0.0646. The van der Waals surface area contributed by atoms with E-state index in [0.29, 0.717) is 5.69 Å². The van der Waals surface area contributed by atoms with Crippen molar-refractivity contribution in [1.29, 1.82) is 0 Å². The van der Waals surface area contributed by atoms with Gasteiger partial charge in [-0.05, 0) is 43.5 Å². The predicted octanol–water partition coefficient (Wildman–Crippen LogP) is 2.63. The van der Waals surface area contributed by atoms with Gasteiger partial charge in [-0.15, -0.1) is 0 Å². The summed E-state index contributed by atoms with van der Waals surface area (Å²) < 4.78 is 0. The molecule has 0 spiro atoms. The molecule has 1 amide bonds. The third-order valence-electron chi connectivity index (χ3n) is 3.46. The van der Waals surface area contributed by atoms with E-state index < -0.39 is 0 Å². The lowest BCUT2D eigenvalue weighted by atomic mass is 10.1. The van der Waals surface area contributed by atoms with Crippen molar-refractivity contribution in [2.24, 2.45) is 0 Å². The second-order valence-electron chi connectivity index (χ2n) is 4.87. The number of nitrogens with zero attached hydrogens (tertiary/aromatic N) is 1. The maximum absolute atomic E-state index is 12.1. The number of carbonyl (C=O) groups excluding carboxylic acids is 1. The van der Waals surface area contributed by atoms with Gasteiger partial charge in [0.25, 0.3) is 5.91 Å². The maximum Gasteiger partial charge on any atom is 0.270 e. The van der Waals surface area contributed by atoms with E-state index in [2.05, 4.69) is 31.0 Å². The molecule has 1 aromatic heterocycles. The van der Waals surface area contributed by atoms with Crippen LogP contribution in [0.1, 0.15) is 28.0 Å². The Hall–Kier alpha value is -1.77. The van der Waals surface area contributed by atoms with E-state index in [0.717, 1.165) is 30.4 Å². The van der Waals surface area contributed by atoms with E-state index in [1.54, 1.807) is 0 Å². The number of aryl methyl sites for hydroxylation is 2. The summed E-state index contributed by atoms with van der Waals surface area (Å²) >= 11 is 0. The minimum absolute atomic E-state index is 0.129. The number of amides is 1. The first-order chi connectivity index (χ1) is 8.15. The minimum Gasteiger partial charge on any atom is -0.351 e. The fraction of sp³-hybridized carbons (Fsp3) is 0.357. The summed E-state index contributed by atoms with van der Waals surface area (Å²) in [5.74, 6) is 0.129. The third-order valence-corrected chi connectivity index (χ3v) is 3.46. The molecule has 0 bridgehead atoms. The second kappa shape index (κ2) is 3.62. The molecule has 17 heavy (non-hydrogen) atoms. The highest BCUT2D eigenvalue weighted by molar-refractivity contribution is 5.99. The summed E-state index contributed by atoms with van der Waals surface area (Å²) in [5, 5.41) is 1.15. The van der Waals surface area contributed by atoms with E-state index in [1.165, 1.54) is 11.1 Å². The SMILES string of the molecule is Cc1cc(C)c2cc(C(=O)N3CCC3)[nH]c2c1. The van der Waals surface area contributed by atoms with Gasteiger partial charge < -0.3 is 9.88 Å². The van der Waals surface area contributed by atoms with Gasteiger partial charge in [0.1, 0.15) is 5.69 Å². The Labute approximate surface area is 100 Å². The van der Waals surface area contributed by atoms with Crippen LogP contribution in [0.2, 0.25) is 0 Å². The van der Waals surface area contributed by atoms with Gasteiger partial charge in [-0.3, -0.25) is 4.79 Å². The lowest BCUT2D eigenvalue weighted by Gasteiger charge is -2.30. The first-order valence-corrected chi connectivity index (χ1v) is 6.04. The van der Waals surface area contributed by atoms with Crippen molar-refractivity contribution < 1.29 is 4.79 Å². The topological polar surface area (TPSA) is 36.1 Å². The number of benzene rings is 1. The van der Waals surface area contributed by atoms with Crippen molar-refractivity contribution in [2.45, 2.75) is 20.3 Å². The number of hydrogen-bond donors (Lipinski definition) is 1. The fourth-order valence-electron chi connectivity index (χ4n) is 2.40. The molecule has 1 aromatic carbocycles. The monoisotopic (exact) mass is 228 g/mol. The van der Waals surface area contributed by atoms with Gasteiger partial charge in [-0.25, -0.2) is 0 Å². The quantitative estimate of drug-likeness (QED) is 0.800. The molecule has 2 aromatic rings. The van der Waals surface area contributed by atoms with Crippen LogP contribution in [0, 0.1) is 13.8 Å². The Morgan fingerprint density at radius 2 is 2.00 bits per heavy atom. The predicted molar refractivity (Wildman–Crippen MR) is 68.3 cm³/mol. The van der Waals surface area contributed by atoms with Crippen LogP contribution in [0.5, 0.6) is 0 Å². The zero-order valence-electron chi connectivity index (χ0n) is 10.2. The molecular formula is C14H16N2O. The number of carbonyl (C=O) groups is 1. The van der Waals surface area contributed by atoms with Crippen molar-refractivity contribution in [3.05, 3.63) is 35.0 Å². The van der Waals surface area contributed by atoms with Crippen LogP contribution >= 0.6 is 0 Å². The van der Waals surface area contributed by atoms with Crippen LogP contribution in [0.4, 0.5) is 0 Å². The number of aromatic nitrogens is 1. The Morgan fingerprint density at radius 3 is 2.65 bits per heavy atom. The highest BCUT2D eigenvalue weighted by Gasteiger charge is 2.23. The molecule has 1 aliphatic rings. The van der Waals surface area contributed by atoms with E-state index in [9.17, 15) is 4.79 Å². The van der Waals surface area contributed by atoms with Crippen LogP contribution in [0.25, 0.3) is 10.9 Å². The molecule has 0 atom stereocenters. The average molecular weight is 228 g/mol. The third kappa shape index (κ3) is 1.62. The van der Waals surface area contributed by atoms with Crippen LogP contribution in [0.3, 0.4) is 0 Å². The fourth-order valence-corrected chi connectivity index (χ4v) is 2.40. The Balaban J connectivity index is 2.06. The summed E-state index contributed by atoms with van der Waals surface area (Å²) in [6.07, 6.45) is 1.13.